The molecule has 2 N–H and O–H groups in total. The van der Waals surface area contributed by atoms with E-state index in [-0.39, 0.29) is 25.1 Å². The third-order valence-electron chi connectivity index (χ3n) is 5.16. The quantitative estimate of drug-likeness (QED) is 0.709. The molecule has 1 aliphatic carbocycles. The lowest BCUT2D eigenvalue weighted by molar-refractivity contribution is -0.147. The number of hydrogen-bond donors (Lipinski definition) is 2. The molecule has 1 fully saturated rings. The summed E-state index contributed by atoms with van der Waals surface area (Å²) in [5.74, 6) is -0.0448. The molecule has 7 heteroatoms. The van der Waals surface area contributed by atoms with Crippen molar-refractivity contribution in [1.29, 1.82) is 0 Å². The van der Waals surface area contributed by atoms with Crippen LogP contribution in [0.5, 0.6) is 5.75 Å². The number of para-hydroxylation sites is 1. The minimum atomic E-state index is -0.668. The number of methoxy groups -OCH3 is 1. The number of hydrogen-bond acceptors (Lipinski definition) is 5. The van der Waals surface area contributed by atoms with Crippen LogP contribution in [0.4, 0.5) is 0 Å². The molecule has 1 aromatic carbocycles. The van der Waals surface area contributed by atoms with Crippen molar-refractivity contribution in [3.05, 3.63) is 29.8 Å². The minimum Gasteiger partial charge on any atom is -0.496 e. The number of benzene rings is 1. The van der Waals surface area contributed by atoms with Gasteiger partial charge < -0.3 is 20.1 Å². The van der Waals surface area contributed by atoms with Crippen LogP contribution < -0.4 is 15.4 Å². The van der Waals surface area contributed by atoms with E-state index in [0.717, 1.165) is 12.8 Å². The van der Waals surface area contributed by atoms with E-state index in [4.69, 9.17) is 9.47 Å². The highest BCUT2D eigenvalue weighted by atomic mass is 16.5. The van der Waals surface area contributed by atoms with E-state index in [0.29, 0.717) is 23.1 Å². The first-order valence-corrected chi connectivity index (χ1v) is 9.28. The van der Waals surface area contributed by atoms with Crippen LogP contribution in [0.25, 0.3) is 0 Å². The summed E-state index contributed by atoms with van der Waals surface area (Å²) in [7, 11) is 1.47. The Labute approximate surface area is 159 Å². The fourth-order valence-electron chi connectivity index (χ4n) is 3.31. The van der Waals surface area contributed by atoms with Gasteiger partial charge >= 0.3 is 5.97 Å². The molecule has 7 nitrogen and oxygen atoms in total. The van der Waals surface area contributed by atoms with Crippen LogP contribution in [0.2, 0.25) is 0 Å². The Hall–Kier alpha value is -2.57. The van der Waals surface area contributed by atoms with Gasteiger partial charge in [0.25, 0.3) is 11.8 Å². The number of ether oxygens (including phenoxy) is 2. The first kappa shape index (κ1) is 20.7. The van der Waals surface area contributed by atoms with Gasteiger partial charge in [-0.2, -0.15) is 0 Å². The van der Waals surface area contributed by atoms with Crippen molar-refractivity contribution < 1.29 is 23.9 Å². The predicted octanol–water partition coefficient (Wildman–Crippen LogP) is 1.91. The summed E-state index contributed by atoms with van der Waals surface area (Å²) < 4.78 is 10.1. The molecule has 1 aliphatic rings. The van der Waals surface area contributed by atoms with Crippen LogP contribution in [0.15, 0.2) is 24.3 Å². The van der Waals surface area contributed by atoms with Crippen molar-refractivity contribution in [3.63, 3.8) is 0 Å². The molecule has 2 rings (SSSR count). The Morgan fingerprint density at radius 2 is 1.89 bits per heavy atom. The fraction of sp³-hybridized carbons (Fsp3) is 0.550. The molecule has 1 saturated carbocycles. The predicted molar refractivity (Wildman–Crippen MR) is 100 cm³/mol. The third kappa shape index (κ3) is 5.98. The molecule has 0 bridgehead atoms. The average molecular weight is 376 g/mol. The molecule has 0 aromatic heterocycles. The summed E-state index contributed by atoms with van der Waals surface area (Å²) in [6.45, 7) is 3.66. The highest BCUT2D eigenvalue weighted by Crippen LogP contribution is 2.29. The zero-order valence-electron chi connectivity index (χ0n) is 16.1. The van der Waals surface area contributed by atoms with Crippen LogP contribution in [-0.2, 0) is 14.3 Å². The van der Waals surface area contributed by atoms with E-state index < -0.39 is 11.9 Å². The first-order valence-electron chi connectivity index (χ1n) is 9.28. The monoisotopic (exact) mass is 376 g/mol. The Morgan fingerprint density at radius 1 is 1.15 bits per heavy atom. The molecule has 0 heterocycles. The summed E-state index contributed by atoms with van der Waals surface area (Å²) in [5.41, 5.74) is 0.325. The fourth-order valence-corrected chi connectivity index (χ4v) is 3.31. The van der Waals surface area contributed by atoms with Gasteiger partial charge in [0, 0.05) is 6.04 Å². The largest absolute Gasteiger partial charge is 0.496 e. The lowest BCUT2D eigenvalue weighted by atomic mass is 9.78. The van der Waals surface area contributed by atoms with Crippen molar-refractivity contribution in [2.45, 2.75) is 39.2 Å². The van der Waals surface area contributed by atoms with Crippen LogP contribution >= 0.6 is 0 Å². The van der Waals surface area contributed by atoms with E-state index in [1.165, 1.54) is 13.5 Å². The lowest BCUT2D eigenvalue weighted by Crippen LogP contribution is -2.45. The molecule has 0 spiro atoms. The Balaban J connectivity index is 1.72. The standard InChI is InChI=1S/C20H28N2O5/c1-13-7-6-9-16(14(13)2)22-18(23)12-27-19(24)11-21-20(25)15-8-4-5-10-17(15)26-3/h4-5,8,10,13-14,16H,6-7,9,11-12H2,1-3H3,(H,21,25)(H,22,23)/t13-,14-,16-/m1/s1. The van der Waals surface area contributed by atoms with Crippen LogP contribution in [-0.4, -0.2) is 44.1 Å². The molecule has 3 atom stereocenters. The van der Waals surface area contributed by atoms with Crippen LogP contribution in [0.1, 0.15) is 43.5 Å². The van der Waals surface area contributed by atoms with Crippen molar-refractivity contribution in [2.75, 3.05) is 20.3 Å². The first-order chi connectivity index (χ1) is 12.9. The molecular weight excluding hydrogens is 348 g/mol. The van der Waals surface area contributed by atoms with Gasteiger partial charge in [0.2, 0.25) is 0 Å². The summed E-state index contributed by atoms with van der Waals surface area (Å²) in [6, 6.07) is 6.82. The van der Waals surface area contributed by atoms with Gasteiger partial charge in [0.15, 0.2) is 6.61 Å². The van der Waals surface area contributed by atoms with Gasteiger partial charge in [-0.3, -0.25) is 14.4 Å². The van der Waals surface area contributed by atoms with Gasteiger partial charge in [0.05, 0.1) is 12.7 Å². The highest BCUT2D eigenvalue weighted by molar-refractivity contribution is 5.98. The van der Waals surface area contributed by atoms with E-state index in [1.54, 1.807) is 24.3 Å². The topological polar surface area (TPSA) is 93.7 Å². The maximum Gasteiger partial charge on any atom is 0.325 e. The van der Waals surface area contributed by atoms with E-state index in [2.05, 4.69) is 24.5 Å². The number of amides is 2. The number of esters is 1. The van der Waals surface area contributed by atoms with E-state index in [9.17, 15) is 14.4 Å². The number of carbonyl (C=O) groups excluding carboxylic acids is 3. The maximum absolute atomic E-state index is 12.1. The van der Waals surface area contributed by atoms with Crippen molar-refractivity contribution in [3.8, 4) is 5.75 Å². The van der Waals surface area contributed by atoms with Gasteiger partial charge in [-0.05, 0) is 30.4 Å². The second kappa shape index (κ2) is 9.94. The van der Waals surface area contributed by atoms with Crippen LogP contribution in [0.3, 0.4) is 0 Å². The third-order valence-corrected chi connectivity index (χ3v) is 5.16. The molecule has 27 heavy (non-hydrogen) atoms. The summed E-state index contributed by atoms with van der Waals surface area (Å²) >= 11 is 0. The van der Waals surface area contributed by atoms with E-state index in [1.807, 2.05) is 0 Å². The molecular formula is C20H28N2O5. The molecule has 2 amide bonds. The molecule has 0 radical (unpaired) electrons. The normalized spacial score (nSPS) is 21.8. The molecule has 1 aromatic rings. The zero-order valence-corrected chi connectivity index (χ0v) is 16.1. The SMILES string of the molecule is COc1ccccc1C(=O)NCC(=O)OCC(=O)N[C@@H]1CCC[C@@H](C)[C@H]1C. The van der Waals surface area contributed by atoms with Gasteiger partial charge in [-0.1, -0.05) is 38.8 Å². The lowest BCUT2D eigenvalue weighted by Gasteiger charge is -2.34. The summed E-state index contributed by atoms with van der Waals surface area (Å²) in [6.07, 6.45) is 3.21. The van der Waals surface area contributed by atoms with Crippen molar-refractivity contribution in [1.82, 2.24) is 10.6 Å². The smallest absolute Gasteiger partial charge is 0.325 e. The number of rotatable bonds is 7. The van der Waals surface area contributed by atoms with Crippen molar-refractivity contribution >= 4 is 17.8 Å². The van der Waals surface area contributed by atoms with Gasteiger partial charge in [-0.25, -0.2) is 0 Å². The highest BCUT2D eigenvalue weighted by Gasteiger charge is 2.28. The minimum absolute atomic E-state index is 0.116. The van der Waals surface area contributed by atoms with Gasteiger partial charge in [0.1, 0.15) is 12.3 Å². The zero-order chi connectivity index (χ0) is 19.8. The second-order valence-electron chi connectivity index (χ2n) is 6.98. The Morgan fingerprint density at radius 3 is 2.63 bits per heavy atom. The maximum atomic E-state index is 12.1. The average Bonchev–Trinajstić information content (AvgIpc) is 2.68. The number of nitrogens with one attached hydrogen (secondary N) is 2. The van der Waals surface area contributed by atoms with E-state index >= 15 is 0 Å². The molecule has 0 unspecified atom stereocenters. The Bertz CT molecular complexity index is 676. The summed E-state index contributed by atoms with van der Waals surface area (Å²) in [4.78, 5) is 35.9. The van der Waals surface area contributed by atoms with Gasteiger partial charge in [-0.15, -0.1) is 0 Å². The molecule has 0 aliphatic heterocycles. The molecule has 148 valence electrons. The van der Waals surface area contributed by atoms with Crippen molar-refractivity contribution in [2.24, 2.45) is 11.8 Å². The second-order valence-corrected chi connectivity index (χ2v) is 6.98. The number of carbonyl (C=O) groups is 3. The Kier molecular flexibility index (Phi) is 7.64. The summed E-state index contributed by atoms with van der Waals surface area (Å²) in [5, 5.41) is 5.41. The van der Waals surface area contributed by atoms with Crippen LogP contribution in [0, 0.1) is 11.8 Å². The molecule has 0 saturated heterocycles.